The SMILES string of the molecule is N[C@@]1(n2cnc3c(O)ncnc32)O[C@H](CO)C[C@H]1O. The van der Waals surface area contributed by atoms with Crippen LogP contribution in [0.1, 0.15) is 6.42 Å². The van der Waals surface area contributed by atoms with Crippen molar-refractivity contribution in [2.45, 2.75) is 24.5 Å². The Morgan fingerprint density at radius 1 is 1.47 bits per heavy atom. The van der Waals surface area contributed by atoms with E-state index in [1.807, 2.05) is 0 Å². The number of aliphatic hydroxyl groups is 2. The van der Waals surface area contributed by atoms with Crippen molar-refractivity contribution in [2.24, 2.45) is 5.73 Å². The third kappa shape index (κ3) is 1.67. The normalized spacial score (nSPS) is 31.1. The van der Waals surface area contributed by atoms with Gasteiger partial charge < -0.3 is 20.1 Å². The zero-order valence-electron chi connectivity index (χ0n) is 9.84. The van der Waals surface area contributed by atoms with Crippen molar-refractivity contribution in [1.82, 2.24) is 19.5 Å². The molecule has 3 atom stereocenters. The van der Waals surface area contributed by atoms with Crippen molar-refractivity contribution in [3.63, 3.8) is 0 Å². The van der Waals surface area contributed by atoms with Crippen LogP contribution in [0.4, 0.5) is 0 Å². The minimum absolute atomic E-state index is 0.163. The van der Waals surface area contributed by atoms with E-state index in [2.05, 4.69) is 15.0 Å². The van der Waals surface area contributed by atoms with E-state index in [4.69, 9.17) is 15.6 Å². The Balaban J connectivity index is 2.12. The second kappa shape index (κ2) is 4.10. The molecule has 0 bridgehead atoms. The Labute approximate surface area is 107 Å². The lowest BCUT2D eigenvalue weighted by molar-refractivity contribution is -0.141. The molecule has 0 saturated carbocycles. The van der Waals surface area contributed by atoms with E-state index in [1.54, 1.807) is 0 Å². The number of rotatable bonds is 2. The first-order valence-corrected chi connectivity index (χ1v) is 5.69. The van der Waals surface area contributed by atoms with Crippen LogP contribution in [-0.2, 0) is 10.6 Å². The molecule has 2 aromatic heterocycles. The molecule has 0 aromatic carbocycles. The maximum atomic E-state index is 10.0. The quantitative estimate of drug-likeness (QED) is 0.502. The molecule has 0 aliphatic carbocycles. The molecule has 1 fully saturated rings. The van der Waals surface area contributed by atoms with Gasteiger partial charge in [-0.15, -0.1) is 0 Å². The summed E-state index contributed by atoms with van der Waals surface area (Å²) in [6.07, 6.45) is 1.07. The summed E-state index contributed by atoms with van der Waals surface area (Å²) in [5.41, 5.74) is 6.45. The highest BCUT2D eigenvalue weighted by atomic mass is 16.6. The second-order valence-electron chi connectivity index (χ2n) is 4.41. The average Bonchev–Trinajstić information content (AvgIpc) is 2.94. The van der Waals surface area contributed by atoms with Gasteiger partial charge in [0, 0.05) is 6.42 Å². The summed E-state index contributed by atoms with van der Waals surface area (Å²) in [6.45, 7) is -0.247. The van der Waals surface area contributed by atoms with Crippen molar-refractivity contribution in [1.29, 1.82) is 0 Å². The molecule has 1 aliphatic heterocycles. The molecule has 2 aromatic rings. The maximum Gasteiger partial charge on any atom is 0.242 e. The molecule has 3 heterocycles. The summed E-state index contributed by atoms with van der Waals surface area (Å²) in [5, 5.41) is 28.7. The predicted octanol–water partition coefficient (Wildman–Crippen LogP) is -1.76. The van der Waals surface area contributed by atoms with Crippen molar-refractivity contribution in [3.05, 3.63) is 12.7 Å². The number of nitrogens with zero attached hydrogens (tertiary/aromatic N) is 4. The highest BCUT2D eigenvalue weighted by Gasteiger charge is 2.47. The van der Waals surface area contributed by atoms with E-state index < -0.39 is 18.1 Å². The summed E-state index contributed by atoms with van der Waals surface area (Å²) in [4.78, 5) is 11.5. The molecule has 3 rings (SSSR count). The summed E-state index contributed by atoms with van der Waals surface area (Å²) in [5.74, 6) is -1.86. The molecule has 19 heavy (non-hydrogen) atoms. The number of hydrogen-bond acceptors (Lipinski definition) is 8. The van der Waals surface area contributed by atoms with Gasteiger partial charge in [-0.05, 0) is 0 Å². The third-order valence-corrected chi connectivity index (χ3v) is 3.21. The van der Waals surface area contributed by atoms with Crippen molar-refractivity contribution >= 4 is 11.2 Å². The van der Waals surface area contributed by atoms with Gasteiger partial charge in [-0.1, -0.05) is 0 Å². The second-order valence-corrected chi connectivity index (χ2v) is 4.41. The Hall–Kier alpha value is -1.81. The number of nitrogens with two attached hydrogens (primary N) is 1. The van der Waals surface area contributed by atoms with Gasteiger partial charge in [0.2, 0.25) is 11.7 Å². The summed E-state index contributed by atoms with van der Waals surface area (Å²) in [6, 6.07) is 0. The Bertz CT molecular complexity index is 617. The number of aromatic hydroxyl groups is 1. The van der Waals surface area contributed by atoms with E-state index in [0.717, 1.165) is 6.33 Å². The van der Waals surface area contributed by atoms with Crippen molar-refractivity contribution < 1.29 is 20.1 Å². The topological polar surface area (TPSA) is 140 Å². The zero-order chi connectivity index (χ0) is 13.6. The van der Waals surface area contributed by atoms with Gasteiger partial charge in [0.25, 0.3) is 0 Å². The molecule has 0 unspecified atom stereocenters. The van der Waals surface area contributed by atoms with Crippen LogP contribution in [-0.4, -0.2) is 53.7 Å². The molecule has 9 nitrogen and oxygen atoms in total. The first kappa shape index (κ1) is 12.2. The first-order chi connectivity index (χ1) is 9.06. The van der Waals surface area contributed by atoms with E-state index >= 15 is 0 Å². The lowest BCUT2D eigenvalue weighted by Crippen LogP contribution is -2.50. The zero-order valence-corrected chi connectivity index (χ0v) is 9.84. The Morgan fingerprint density at radius 2 is 2.26 bits per heavy atom. The third-order valence-electron chi connectivity index (χ3n) is 3.21. The largest absolute Gasteiger partial charge is 0.492 e. The van der Waals surface area contributed by atoms with Gasteiger partial charge >= 0.3 is 0 Å². The number of aromatic nitrogens is 4. The fraction of sp³-hybridized carbons (Fsp3) is 0.500. The highest BCUT2D eigenvalue weighted by Crippen LogP contribution is 2.33. The first-order valence-electron chi connectivity index (χ1n) is 5.69. The molecule has 1 aliphatic rings. The van der Waals surface area contributed by atoms with Crippen LogP contribution in [0.15, 0.2) is 12.7 Å². The van der Waals surface area contributed by atoms with Gasteiger partial charge in [0.1, 0.15) is 18.8 Å². The van der Waals surface area contributed by atoms with Crippen molar-refractivity contribution in [2.75, 3.05) is 6.61 Å². The van der Waals surface area contributed by atoms with Gasteiger partial charge in [0.05, 0.1) is 12.7 Å². The lowest BCUT2D eigenvalue weighted by Gasteiger charge is -2.28. The summed E-state index contributed by atoms with van der Waals surface area (Å²) < 4.78 is 6.78. The van der Waals surface area contributed by atoms with Crippen molar-refractivity contribution in [3.8, 4) is 5.88 Å². The van der Waals surface area contributed by atoms with E-state index in [0.29, 0.717) is 0 Å². The molecule has 102 valence electrons. The molecule has 0 spiro atoms. The van der Waals surface area contributed by atoms with Crippen LogP contribution < -0.4 is 5.73 Å². The average molecular weight is 267 g/mol. The van der Waals surface area contributed by atoms with E-state index in [-0.39, 0.29) is 30.1 Å². The lowest BCUT2D eigenvalue weighted by atomic mass is 10.1. The maximum absolute atomic E-state index is 10.0. The predicted molar refractivity (Wildman–Crippen MR) is 61.7 cm³/mol. The molecule has 0 radical (unpaired) electrons. The van der Waals surface area contributed by atoms with Crippen LogP contribution >= 0.6 is 0 Å². The van der Waals surface area contributed by atoms with E-state index in [9.17, 15) is 10.2 Å². The minimum Gasteiger partial charge on any atom is -0.492 e. The Kier molecular flexibility index (Phi) is 2.64. The fourth-order valence-electron chi connectivity index (χ4n) is 2.22. The van der Waals surface area contributed by atoms with E-state index in [1.165, 1.54) is 10.9 Å². The fourth-order valence-corrected chi connectivity index (χ4v) is 2.22. The number of fused-ring (bicyclic) bond motifs is 1. The molecule has 9 heteroatoms. The van der Waals surface area contributed by atoms with Gasteiger partial charge in [-0.2, -0.15) is 4.98 Å². The molecular formula is C10H13N5O4. The molecule has 0 amide bonds. The molecular weight excluding hydrogens is 254 g/mol. The standard InChI is InChI=1S/C10H13N5O4/c11-10(6(17)1-5(2-16)19-10)15-4-14-7-8(15)12-3-13-9(7)18/h3-6,16-17H,1-2,11H2,(H,12,13,18)/t5-,6+,10-/m0/s1. The molecule has 1 saturated heterocycles. The van der Waals surface area contributed by atoms with Crippen LogP contribution in [0.25, 0.3) is 11.2 Å². The number of ether oxygens (including phenoxy) is 1. The van der Waals surface area contributed by atoms with Gasteiger partial charge in [-0.25, -0.2) is 9.97 Å². The summed E-state index contributed by atoms with van der Waals surface area (Å²) in [7, 11) is 0. The van der Waals surface area contributed by atoms with Crippen LogP contribution in [0.3, 0.4) is 0 Å². The molecule has 5 N–H and O–H groups in total. The van der Waals surface area contributed by atoms with Gasteiger partial charge in [-0.3, -0.25) is 10.3 Å². The number of imidazole rings is 1. The summed E-state index contributed by atoms with van der Waals surface area (Å²) >= 11 is 0. The van der Waals surface area contributed by atoms with Crippen LogP contribution in [0.5, 0.6) is 5.88 Å². The van der Waals surface area contributed by atoms with Gasteiger partial charge in [0.15, 0.2) is 11.2 Å². The van der Waals surface area contributed by atoms with Crippen LogP contribution in [0, 0.1) is 0 Å². The number of hydrogen-bond donors (Lipinski definition) is 4. The number of aliphatic hydroxyl groups excluding tert-OH is 2. The smallest absolute Gasteiger partial charge is 0.242 e. The highest BCUT2D eigenvalue weighted by molar-refractivity contribution is 5.75. The Morgan fingerprint density at radius 3 is 2.95 bits per heavy atom. The van der Waals surface area contributed by atoms with Crippen LogP contribution in [0.2, 0.25) is 0 Å². The minimum atomic E-state index is -1.58. The monoisotopic (exact) mass is 267 g/mol.